The zero-order valence-corrected chi connectivity index (χ0v) is 14.4. The number of aldehydes is 1. The Bertz CT molecular complexity index is 545. The molecule has 0 radical (unpaired) electrons. The minimum atomic E-state index is -1.04. The number of unbranched alkanes of at least 4 members (excludes halogenated alkanes) is 1. The number of benzene rings is 2. The van der Waals surface area contributed by atoms with Gasteiger partial charge >= 0.3 is 0 Å². The molecule has 0 bridgehead atoms. The van der Waals surface area contributed by atoms with E-state index in [4.69, 9.17) is 9.47 Å². The maximum atomic E-state index is 14.2. The van der Waals surface area contributed by atoms with Gasteiger partial charge in [0.2, 0.25) is 0 Å². The highest BCUT2D eigenvalue weighted by atomic mass is 19.1. The second kappa shape index (κ2) is 11.5. The standard InChI is InChI=1S/C21H25FO3/c22-20(13-7-8-14-23)15-21(24-16-18-9-3-1-4-10-18)25-17-19-11-5-2-6-12-19/h1-6,9-12,14,20-21H,7-8,13,15-17H2/t20-/m1/s1. The highest BCUT2D eigenvalue weighted by Gasteiger charge is 2.17. The van der Waals surface area contributed by atoms with Crippen LogP contribution < -0.4 is 0 Å². The highest BCUT2D eigenvalue weighted by molar-refractivity contribution is 5.48. The van der Waals surface area contributed by atoms with Gasteiger partial charge in [-0.25, -0.2) is 4.39 Å². The Balaban J connectivity index is 1.86. The molecule has 0 saturated heterocycles. The maximum Gasteiger partial charge on any atom is 0.161 e. The van der Waals surface area contributed by atoms with E-state index in [-0.39, 0.29) is 6.42 Å². The van der Waals surface area contributed by atoms with Gasteiger partial charge in [0.15, 0.2) is 6.29 Å². The highest BCUT2D eigenvalue weighted by Crippen LogP contribution is 2.17. The smallest absolute Gasteiger partial charge is 0.161 e. The third-order valence-electron chi connectivity index (χ3n) is 3.84. The lowest BCUT2D eigenvalue weighted by Crippen LogP contribution is -2.22. The van der Waals surface area contributed by atoms with E-state index in [1.54, 1.807) is 0 Å². The van der Waals surface area contributed by atoms with Crippen LogP contribution in [0, 0.1) is 0 Å². The number of hydrogen-bond acceptors (Lipinski definition) is 3. The number of carbonyl (C=O) groups excluding carboxylic acids is 1. The first-order valence-corrected chi connectivity index (χ1v) is 8.66. The molecule has 25 heavy (non-hydrogen) atoms. The first kappa shape index (κ1) is 19.3. The lowest BCUT2D eigenvalue weighted by Gasteiger charge is -2.20. The average molecular weight is 344 g/mol. The normalized spacial score (nSPS) is 12.2. The third kappa shape index (κ3) is 8.05. The van der Waals surface area contributed by atoms with Gasteiger partial charge in [-0.2, -0.15) is 0 Å². The Hall–Kier alpha value is -2.04. The van der Waals surface area contributed by atoms with Gasteiger partial charge in [-0.15, -0.1) is 0 Å². The molecule has 0 spiro atoms. The van der Waals surface area contributed by atoms with Crippen molar-refractivity contribution in [2.24, 2.45) is 0 Å². The van der Waals surface area contributed by atoms with E-state index in [0.717, 1.165) is 17.4 Å². The summed E-state index contributed by atoms with van der Waals surface area (Å²) in [6.45, 7) is 0.753. The maximum absolute atomic E-state index is 14.2. The predicted molar refractivity (Wildman–Crippen MR) is 95.7 cm³/mol. The lowest BCUT2D eigenvalue weighted by atomic mass is 10.1. The van der Waals surface area contributed by atoms with E-state index in [9.17, 15) is 9.18 Å². The van der Waals surface area contributed by atoms with Gasteiger partial charge in [-0.05, 0) is 24.0 Å². The van der Waals surface area contributed by atoms with Crippen LogP contribution in [0.5, 0.6) is 0 Å². The van der Waals surface area contributed by atoms with Crippen LogP contribution in [0.25, 0.3) is 0 Å². The second-order valence-corrected chi connectivity index (χ2v) is 5.95. The molecule has 0 aliphatic rings. The van der Waals surface area contributed by atoms with Crippen LogP contribution in [0.2, 0.25) is 0 Å². The number of rotatable bonds is 12. The SMILES string of the molecule is O=CCCC[C@@H](F)CC(OCc1ccccc1)OCc1ccccc1. The van der Waals surface area contributed by atoms with Crippen molar-refractivity contribution in [3.8, 4) is 0 Å². The Kier molecular flexibility index (Phi) is 8.87. The van der Waals surface area contributed by atoms with E-state index in [2.05, 4.69) is 0 Å². The van der Waals surface area contributed by atoms with E-state index >= 15 is 0 Å². The number of alkyl halides is 1. The summed E-state index contributed by atoms with van der Waals surface area (Å²) < 4.78 is 25.7. The molecule has 2 aromatic carbocycles. The van der Waals surface area contributed by atoms with Gasteiger partial charge in [0.1, 0.15) is 12.5 Å². The summed E-state index contributed by atoms with van der Waals surface area (Å²) in [5.41, 5.74) is 2.04. The molecular weight excluding hydrogens is 319 g/mol. The van der Waals surface area contributed by atoms with Crippen molar-refractivity contribution in [3.63, 3.8) is 0 Å². The monoisotopic (exact) mass is 344 g/mol. The minimum Gasteiger partial charge on any atom is -0.348 e. The Morgan fingerprint density at radius 3 is 1.88 bits per heavy atom. The molecule has 2 aromatic rings. The van der Waals surface area contributed by atoms with Gasteiger partial charge in [0.25, 0.3) is 0 Å². The zero-order valence-electron chi connectivity index (χ0n) is 14.4. The first-order valence-electron chi connectivity index (χ1n) is 8.66. The van der Waals surface area contributed by atoms with Crippen molar-refractivity contribution in [2.45, 2.75) is 51.4 Å². The van der Waals surface area contributed by atoms with Crippen molar-refractivity contribution in [3.05, 3.63) is 71.8 Å². The molecular formula is C21H25FO3. The van der Waals surface area contributed by atoms with Crippen LogP contribution >= 0.6 is 0 Å². The number of carbonyl (C=O) groups is 1. The minimum absolute atomic E-state index is 0.165. The summed E-state index contributed by atoms with van der Waals surface area (Å²) >= 11 is 0. The topological polar surface area (TPSA) is 35.5 Å². The van der Waals surface area contributed by atoms with Gasteiger partial charge in [0, 0.05) is 12.8 Å². The summed E-state index contributed by atoms with van der Waals surface area (Å²) in [4.78, 5) is 10.4. The second-order valence-electron chi connectivity index (χ2n) is 5.95. The fourth-order valence-electron chi connectivity index (χ4n) is 2.46. The van der Waals surface area contributed by atoms with Crippen LogP contribution in [-0.4, -0.2) is 18.7 Å². The molecule has 2 rings (SSSR count). The van der Waals surface area contributed by atoms with Gasteiger partial charge < -0.3 is 14.3 Å². The molecule has 0 heterocycles. The van der Waals surface area contributed by atoms with Crippen molar-refractivity contribution in [2.75, 3.05) is 0 Å². The predicted octanol–water partition coefficient (Wildman–Crippen LogP) is 4.84. The van der Waals surface area contributed by atoms with E-state index in [0.29, 0.717) is 32.5 Å². The largest absolute Gasteiger partial charge is 0.348 e. The molecule has 134 valence electrons. The molecule has 0 amide bonds. The van der Waals surface area contributed by atoms with Crippen molar-refractivity contribution in [1.29, 1.82) is 0 Å². The van der Waals surface area contributed by atoms with Crippen LogP contribution in [0.15, 0.2) is 60.7 Å². The lowest BCUT2D eigenvalue weighted by molar-refractivity contribution is -0.167. The van der Waals surface area contributed by atoms with Crippen LogP contribution in [0.4, 0.5) is 4.39 Å². The molecule has 0 saturated carbocycles. The van der Waals surface area contributed by atoms with Crippen LogP contribution in [0.1, 0.15) is 36.8 Å². The summed E-state index contributed by atoms with van der Waals surface area (Å²) in [6.07, 6.45) is 0.609. The van der Waals surface area contributed by atoms with Crippen molar-refractivity contribution < 1.29 is 18.7 Å². The number of ether oxygens (including phenoxy) is 2. The van der Waals surface area contributed by atoms with E-state index in [1.807, 2.05) is 60.7 Å². The summed E-state index contributed by atoms with van der Waals surface area (Å²) in [5, 5.41) is 0. The van der Waals surface area contributed by atoms with Gasteiger partial charge in [0.05, 0.1) is 13.2 Å². The fourth-order valence-corrected chi connectivity index (χ4v) is 2.46. The van der Waals surface area contributed by atoms with E-state index < -0.39 is 12.5 Å². The third-order valence-corrected chi connectivity index (χ3v) is 3.84. The number of halogens is 1. The molecule has 3 nitrogen and oxygen atoms in total. The van der Waals surface area contributed by atoms with Gasteiger partial charge in [-0.3, -0.25) is 0 Å². The fraction of sp³-hybridized carbons (Fsp3) is 0.381. The van der Waals surface area contributed by atoms with Crippen molar-refractivity contribution >= 4 is 6.29 Å². The molecule has 0 N–H and O–H groups in total. The first-order chi connectivity index (χ1) is 12.3. The van der Waals surface area contributed by atoms with Gasteiger partial charge in [-0.1, -0.05) is 60.7 Å². The Morgan fingerprint density at radius 2 is 1.40 bits per heavy atom. The summed E-state index contributed by atoms with van der Waals surface area (Å²) in [5.74, 6) is 0. The Labute approximate surface area is 148 Å². The quantitative estimate of drug-likeness (QED) is 0.314. The average Bonchev–Trinajstić information content (AvgIpc) is 2.66. The van der Waals surface area contributed by atoms with E-state index in [1.165, 1.54) is 0 Å². The molecule has 4 heteroatoms. The van der Waals surface area contributed by atoms with Crippen LogP contribution in [-0.2, 0) is 27.5 Å². The Morgan fingerprint density at radius 1 is 0.880 bits per heavy atom. The summed E-state index contributed by atoms with van der Waals surface area (Å²) in [6, 6.07) is 19.5. The molecule has 0 unspecified atom stereocenters. The molecule has 0 aromatic heterocycles. The zero-order chi connectivity index (χ0) is 17.7. The molecule has 0 aliphatic heterocycles. The van der Waals surface area contributed by atoms with Crippen LogP contribution in [0.3, 0.4) is 0 Å². The molecule has 0 fully saturated rings. The molecule has 1 atom stereocenters. The number of hydrogen-bond donors (Lipinski definition) is 0. The van der Waals surface area contributed by atoms with Crippen molar-refractivity contribution in [1.82, 2.24) is 0 Å². The molecule has 0 aliphatic carbocycles. The summed E-state index contributed by atoms with van der Waals surface area (Å²) in [7, 11) is 0.